The van der Waals surface area contributed by atoms with Crippen LogP contribution in [0.1, 0.15) is 10.4 Å². The molecule has 0 radical (unpaired) electrons. The number of methoxy groups -OCH3 is 2. The van der Waals surface area contributed by atoms with Crippen LogP contribution < -0.4 is 4.74 Å². The summed E-state index contributed by atoms with van der Waals surface area (Å²) in [6, 6.07) is 7.12. The Labute approximate surface area is 147 Å². The van der Waals surface area contributed by atoms with Gasteiger partial charge in [-0.2, -0.15) is 0 Å². The first-order chi connectivity index (χ1) is 12.1. The molecule has 1 fully saturated rings. The molecule has 0 aromatic heterocycles. The summed E-state index contributed by atoms with van der Waals surface area (Å²) in [6.07, 6.45) is 0.725. The van der Waals surface area contributed by atoms with Gasteiger partial charge in [-0.1, -0.05) is 24.8 Å². The van der Waals surface area contributed by atoms with E-state index in [1.807, 2.05) is 6.07 Å². The van der Waals surface area contributed by atoms with Crippen molar-refractivity contribution in [3.63, 3.8) is 0 Å². The minimum Gasteiger partial charge on any atom is -0.489 e. The van der Waals surface area contributed by atoms with Gasteiger partial charge >= 0.3 is 0 Å². The number of ether oxygens (including phenoxy) is 3. The molecule has 1 aliphatic rings. The Hall–Kier alpha value is -2.38. The van der Waals surface area contributed by atoms with Gasteiger partial charge in [-0.25, -0.2) is 0 Å². The molecule has 0 N–H and O–H groups in total. The molecule has 0 unspecified atom stereocenters. The number of amides is 2. The summed E-state index contributed by atoms with van der Waals surface area (Å²) in [6.45, 7) is 5.71. The Morgan fingerprint density at radius 2 is 1.72 bits per heavy atom. The van der Waals surface area contributed by atoms with E-state index < -0.39 is 6.29 Å². The lowest BCUT2D eigenvalue weighted by atomic mass is 10.1. The molecule has 7 nitrogen and oxygen atoms in total. The summed E-state index contributed by atoms with van der Waals surface area (Å²) in [5.41, 5.74) is 0.510. The smallest absolute Gasteiger partial charge is 0.279 e. The first-order valence-corrected chi connectivity index (χ1v) is 8.08. The topological polar surface area (TPSA) is 68.3 Å². The van der Waals surface area contributed by atoms with E-state index >= 15 is 0 Å². The van der Waals surface area contributed by atoms with Crippen molar-refractivity contribution in [3.05, 3.63) is 42.5 Å². The predicted octanol–water partition coefficient (Wildman–Crippen LogP) is 1.15. The summed E-state index contributed by atoms with van der Waals surface area (Å²) in [7, 11) is 2.85. The molecule has 25 heavy (non-hydrogen) atoms. The average molecular weight is 348 g/mol. The maximum absolute atomic E-state index is 12.8. The van der Waals surface area contributed by atoms with Crippen LogP contribution in [0.25, 0.3) is 0 Å². The Bertz CT molecular complexity index is 607. The molecule has 136 valence electrons. The van der Waals surface area contributed by atoms with Gasteiger partial charge in [-0.15, -0.1) is 0 Å². The number of hydrogen-bond donors (Lipinski definition) is 0. The van der Waals surface area contributed by atoms with Crippen LogP contribution in [0.4, 0.5) is 0 Å². The molecular formula is C18H24N2O5. The van der Waals surface area contributed by atoms with Gasteiger partial charge in [-0.05, 0) is 12.1 Å². The number of piperazine rings is 1. The Balaban J connectivity index is 2.00. The third-order valence-corrected chi connectivity index (χ3v) is 3.98. The fraction of sp³-hybridized carbons (Fsp3) is 0.444. The Kier molecular flexibility index (Phi) is 6.97. The van der Waals surface area contributed by atoms with Crippen LogP contribution >= 0.6 is 0 Å². The number of rotatable bonds is 7. The third-order valence-electron chi connectivity index (χ3n) is 3.98. The molecule has 1 aromatic rings. The monoisotopic (exact) mass is 348 g/mol. The van der Waals surface area contributed by atoms with E-state index in [9.17, 15) is 9.59 Å². The van der Waals surface area contributed by atoms with E-state index in [4.69, 9.17) is 14.2 Å². The maximum Gasteiger partial charge on any atom is 0.279 e. The molecule has 2 amide bonds. The van der Waals surface area contributed by atoms with Crippen molar-refractivity contribution in [3.8, 4) is 5.75 Å². The van der Waals surface area contributed by atoms with E-state index in [0.29, 0.717) is 44.1 Å². The molecule has 1 aliphatic heterocycles. The number of carbonyl (C=O) groups is 2. The second-order valence-electron chi connectivity index (χ2n) is 5.52. The van der Waals surface area contributed by atoms with Crippen LogP contribution in [0.15, 0.2) is 36.9 Å². The molecule has 1 heterocycles. The van der Waals surface area contributed by atoms with Crippen molar-refractivity contribution in [2.75, 3.05) is 47.0 Å². The largest absolute Gasteiger partial charge is 0.489 e. The summed E-state index contributed by atoms with van der Waals surface area (Å²) in [5, 5.41) is 0. The second-order valence-corrected chi connectivity index (χ2v) is 5.52. The van der Waals surface area contributed by atoms with Gasteiger partial charge in [0, 0.05) is 40.4 Å². The van der Waals surface area contributed by atoms with Crippen molar-refractivity contribution in [1.29, 1.82) is 0 Å². The highest BCUT2D eigenvalue weighted by atomic mass is 16.7. The fourth-order valence-electron chi connectivity index (χ4n) is 2.67. The van der Waals surface area contributed by atoms with Gasteiger partial charge in [0.15, 0.2) is 0 Å². The Morgan fingerprint density at radius 1 is 1.12 bits per heavy atom. The van der Waals surface area contributed by atoms with Crippen molar-refractivity contribution in [2.45, 2.75) is 6.29 Å². The zero-order valence-corrected chi connectivity index (χ0v) is 14.6. The van der Waals surface area contributed by atoms with Crippen molar-refractivity contribution in [2.24, 2.45) is 0 Å². The molecule has 1 aromatic carbocycles. The highest BCUT2D eigenvalue weighted by Crippen LogP contribution is 2.21. The Morgan fingerprint density at radius 3 is 2.32 bits per heavy atom. The lowest BCUT2D eigenvalue weighted by Crippen LogP contribution is -2.53. The molecule has 0 bridgehead atoms. The van der Waals surface area contributed by atoms with E-state index in [2.05, 4.69) is 6.58 Å². The van der Waals surface area contributed by atoms with Gasteiger partial charge in [-0.3, -0.25) is 9.59 Å². The molecule has 2 rings (SSSR count). The van der Waals surface area contributed by atoms with Crippen LogP contribution in [0.3, 0.4) is 0 Å². The van der Waals surface area contributed by atoms with Crippen LogP contribution in [-0.4, -0.2) is 74.9 Å². The van der Waals surface area contributed by atoms with Crippen LogP contribution in [0.5, 0.6) is 5.75 Å². The van der Waals surface area contributed by atoms with Crippen LogP contribution in [0.2, 0.25) is 0 Å². The average Bonchev–Trinajstić information content (AvgIpc) is 2.67. The number of nitrogens with zero attached hydrogens (tertiary/aromatic N) is 2. The maximum atomic E-state index is 12.8. The molecule has 0 atom stereocenters. The highest BCUT2D eigenvalue weighted by Gasteiger charge is 2.30. The van der Waals surface area contributed by atoms with Gasteiger partial charge in [0.1, 0.15) is 12.4 Å². The van der Waals surface area contributed by atoms with Crippen molar-refractivity contribution < 1.29 is 23.8 Å². The number of hydrogen-bond acceptors (Lipinski definition) is 5. The fourth-order valence-corrected chi connectivity index (χ4v) is 2.67. The minimum atomic E-state index is -0.907. The SMILES string of the molecule is C=CCOc1ccccc1C(=O)N1CCN(C(=O)C(OC)OC)CC1. The van der Waals surface area contributed by atoms with Gasteiger partial charge in [0.25, 0.3) is 11.8 Å². The zero-order chi connectivity index (χ0) is 18.2. The number of benzene rings is 1. The quantitative estimate of drug-likeness (QED) is 0.546. The van der Waals surface area contributed by atoms with Crippen LogP contribution in [-0.2, 0) is 14.3 Å². The first-order valence-electron chi connectivity index (χ1n) is 8.08. The van der Waals surface area contributed by atoms with Gasteiger partial charge in [0.05, 0.1) is 5.56 Å². The van der Waals surface area contributed by atoms with E-state index in [1.165, 1.54) is 14.2 Å². The molecule has 0 aliphatic carbocycles. The first kappa shape index (κ1) is 19.0. The normalized spacial score (nSPS) is 14.5. The summed E-state index contributed by atoms with van der Waals surface area (Å²) in [4.78, 5) is 28.4. The number of para-hydroxylation sites is 1. The molecular weight excluding hydrogens is 324 g/mol. The third kappa shape index (κ3) is 4.58. The summed E-state index contributed by atoms with van der Waals surface area (Å²) >= 11 is 0. The van der Waals surface area contributed by atoms with E-state index in [-0.39, 0.29) is 11.8 Å². The molecule has 1 saturated heterocycles. The molecule has 0 spiro atoms. The van der Waals surface area contributed by atoms with Crippen molar-refractivity contribution in [1.82, 2.24) is 9.80 Å². The lowest BCUT2D eigenvalue weighted by molar-refractivity contribution is -0.171. The summed E-state index contributed by atoms with van der Waals surface area (Å²) in [5.74, 6) is 0.193. The minimum absolute atomic E-state index is 0.109. The highest BCUT2D eigenvalue weighted by molar-refractivity contribution is 5.97. The summed E-state index contributed by atoms with van der Waals surface area (Å²) < 4.78 is 15.5. The standard InChI is InChI=1S/C18H24N2O5/c1-4-13-25-15-8-6-5-7-14(15)16(21)19-9-11-20(12-10-19)17(22)18(23-2)24-3/h4-8,18H,1,9-13H2,2-3H3. The van der Waals surface area contributed by atoms with Crippen LogP contribution in [0, 0.1) is 0 Å². The second kappa shape index (κ2) is 9.19. The lowest BCUT2D eigenvalue weighted by Gasteiger charge is -2.36. The van der Waals surface area contributed by atoms with E-state index in [0.717, 1.165) is 0 Å². The number of carbonyl (C=O) groups excluding carboxylic acids is 2. The predicted molar refractivity (Wildman–Crippen MR) is 92.4 cm³/mol. The molecule has 0 saturated carbocycles. The zero-order valence-electron chi connectivity index (χ0n) is 14.6. The van der Waals surface area contributed by atoms with Gasteiger partial charge < -0.3 is 24.0 Å². The van der Waals surface area contributed by atoms with E-state index in [1.54, 1.807) is 34.1 Å². The van der Waals surface area contributed by atoms with Gasteiger partial charge in [0.2, 0.25) is 6.29 Å². The van der Waals surface area contributed by atoms with Crippen molar-refractivity contribution >= 4 is 11.8 Å². The molecule has 7 heteroatoms.